The minimum Gasteiger partial charge on any atom is -0.389 e. The molecular formula is C13H18ClNO2S. The predicted molar refractivity (Wildman–Crippen MR) is 76.5 cm³/mol. The molecule has 0 radical (unpaired) electrons. The summed E-state index contributed by atoms with van der Waals surface area (Å²) in [6.07, 6.45) is 1.94. The number of amides is 1. The van der Waals surface area contributed by atoms with Crippen molar-refractivity contribution in [1.29, 1.82) is 0 Å². The number of aliphatic hydroxyl groups is 1. The SMILES string of the molecule is CSc1ccc(Cl)c(C(=O)N(C)CC(C)(C)O)c1. The quantitative estimate of drug-likeness (QED) is 0.866. The predicted octanol–water partition coefficient (Wildman–Crippen LogP) is 2.90. The van der Waals surface area contributed by atoms with E-state index in [2.05, 4.69) is 0 Å². The molecule has 1 aromatic carbocycles. The van der Waals surface area contributed by atoms with Crippen LogP contribution in [0.2, 0.25) is 5.02 Å². The summed E-state index contributed by atoms with van der Waals surface area (Å²) in [6, 6.07) is 5.37. The fourth-order valence-electron chi connectivity index (χ4n) is 1.65. The Bertz CT molecular complexity index is 443. The van der Waals surface area contributed by atoms with Crippen molar-refractivity contribution in [2.24, 2.45) is 0 Å². The van der Waals surface area contributed by atoms with Crippen molar-refractivity contribution in [2.45, 2.75) is 24.3 Å². The minimum atomic E-state index is -0.923. The Morgan fingerprint density at radius 3 is 2.61 bits per heavy atom. The summed E-state index contributed by atoms with van der Waals surface area (Å²) >= 11 is 7.60. The lowest BCUT2D eigenvalue weighted by molar-refractivity contribution is 0.0368. The number of hydrogen-bond acceptors (Lipinski definition) is 3. The number of likely N-dealkylation sites (N-methyl/N-ethyl adjacent to an activating group) is 1. The molecule has 5 heteroatoms. The fourth-order valence-corrected chi connectivity index (χ4v) is 2.29. The largest absolute Gasteiger partial charge is 0.389 e. The number of benzene rings is 1. The first-order valence-corrected chi connectivity index (χ1v) is 7.16. The van der Waals surface area contributed by atoms with Crippen molar-refractivity contribution in [3.05, 3.63) is 28.8 Å². The molecule has 0 aliphatic carbocycles. The van der Waals surface area contributed by atoms with Gasteiger partial charge >= 0.3 is 0 Å². The molecule has 3 nitrogen and oxygen atoms in total. The highest BCUT2D eigenvalue weighted by molar-refractivity contribution is 7.98. The molecule has 0 heterocycles. The van der Waals surface area contributed by atoms with Crippen molar-refractivity contribution < 1.29 is 9.90 Å². The smallest absolute Gasteiger partial charge is 0.255 e. The van der Waals surface area contributed by atoms with Gasteiger partial charge in [0.15, 0.2) is 0 Å². The van der Waals surface area contributed by atoms with Gasteiger partial charge in [0, 0.05) is 18.5 Å². The highest BCUT2D eigenvalue weighted by atomic mass is 35.5. The van der Waals surface area contributed by atoms with Gasteiger partial charge in [0.05, 0.1) is 16.2 Å². The molecule has 18 heavy (non-hydrogen) atoms. The number of carbonyl (C=O) groups is 1. The monoisotopic (exact) mass is 287 g/mol. The van der Waals surface area contributed by atoms with Crippen LogP contribution in [0.5, 0.6) is 0 Å². The molecule has 0 aromatic heterocycles. The molecule has 0 atom stereocenters. The van der Waals surface area contributed by atoms with Crippen molar-refractivity contribution >= 4 is 29.3 Å². The van der Waals surface area contributed by atoms with Crippen LogP contribution in [0.1, 0.15) is 24.2 Å². The average molecular weight is 288 g/mol. The Kier molecular flexibility index (Phi) is 5.08. The van der Waals surface area contributed by atoms with E-state index < -0.39 is 5.60 Å². The Balaban J connectivity index is 2.96. The molecule has 0 saturated carbocycles. The minimum absolute atomic E-state index is 0.182. The molecule has 0 aliphatic rings. The first-order valence-electron chi connectivity index (χ1n) is 5.56. The van der Waals surface area contributed by atoms with Crippen molar-refractivity contribution in [1.82, 2.24) is 4.90 Å². The van der Waals surface area contributed by atoms with E-state index in [4.69, 9.17) is 11.6 Å². The van der Waals surface area contributed by atoms with Gasteiger partial charge in [-0.25, -0.2) is 0 Å². The highest BCUT2D eigenvalue weighted by Crippen LogP contribution is 2.24. The summed E-state index contributed by atoms with van der Waals surface area (Å²) in [7, 11) is 1.66. The van der Waals surface area contributed by atoms with Crippen LogP contribution in [0.25, 0.3) is 0 Å². The summed E-state index contributed by atoms with van der Waals surface area (Å²) in [6.45, 7) is 3.58. The molecule has 0 unspecified atom stereocenters. The van der Waals surface area contributed by atoms with E-state index in [-0.39, 0.29) is 12.5 Å². The van der Waals surface area contributed by atoms with Gasteiger partial charge in [-0.3, -0.25) is 4.79 Å². The van der Waals surface area contributed by atoms with Gasteiger partial charge in [-0.1, -0.05) is 11.6 Å². The third-order valence-corrected chi connectivity index (χ3v) is 3.43. The van der Waals surface area contributed by atoms with Gasteiger partial charge < -0.3 is 10.0 Å². The van der Waals surface area contributed by atoms with Crippen LogP contribution in [0.4, 0.5) is 0 Å². The summed E-state index contributed by atoms with van der Waals surface area (Å²) in [5.74, 6) is -0.182. The van der Waals surface area contributed by atoms with Gasteiger partial charge in [0.2, 0.25) is 0 Å². The van der Waals surface area contributed by atoms with Crippen LogP contribution in [-0.2, 0) is 0 Å². The van der Waals surface area contributed by atoms with E-state index in [1.807, 2.05) is 12.3 Å². The first-order chi connectivity index (χ1) is 8.24. The molecule has 1 aromatic rings. The number of thioether (sulfide) groups is 1. The van der Waals surface area contributed by atoms with Gasteiger partial charge in [0.25, 0.3) is 5.91 Å². The molecule has 0 spiro atoms. The molecular weight excluding hydrogens is 270 g/mol. The average Bonchev–Trinajstić information content (AvgIpc) is 2.26. The lowest BCUT2D eigenvalue weighted by Gasteiger charge is -2.26. The first kappa shape index (κ1) is 15.3. The molecule has 0 aliphatic heterocycles. The lowest BCUT2D eigenvalue weighted by atomic mass is 10.1. The Hall–Kier alpha value is -0.710. The number of nitrogens with zero attached hydrogens (tertiary/aromatic N) is 1. The van der Waals surface area contributed by atoms with E-state index >= 15 is 0 Å². The number of carbonyl (C=O) groups excluding carboxylic acids is 1. The third kappa shape index (κ3) is 4.19. The van der Waals surface area contributed by atoms with E-state index in [9.17, 15) is 9.90 Å². The molecule has 0 bridgehead atoms. The van der Waals surface area contributed by atoms with Crippen LogP contribution < -0.4 is 0 Å². The molecule has 1 amide bonds. The zero-order valence-corrected chi connectivity index (χ0v) is 12.6. The summed E-state index contributed by atoms with van der Waals surface area (Å²) in [4.78, 5) is 14.7. The Morgan fingerprint density at radius 2 is 2.11 bits per heavy atom. The standard InChI is InChI=1S/C13H18ClNO2S/c1-13(2,17)8-15(3)12(16)10-7-9(18-4)5-6-11(10)14/h5-7,17H,8H2,1-4H3. The maximum atomic E-state index is 12.2. The topological polar surface area (TPSA) is 40.5 Å². The maximum absolute atomic E-state index is 12.2. The zero-order valence-electron chi connectivity index (χ0n) is 11.0. The van der Waals surface area contributed by atoms with Crippen molar-refractivity contribution in [2.75, 3.05) is 19.8 Å². The summed E-state index contributed by atoms with van der Waals surface area (Å²) < 4.78 is 0. The molecule has 0 saturated heterocycles. The van der Waals surface area contributed by atoms with Crippen molar-refractivity contribution in [3.8, 4) is 0 Å². The molecule has 1 rings (SSSR count). The lowest BCUT2D eigenvalue weighted by Crippen LogP contribution is -2.39. The molecule has 100 valence electrons. The zero-order chi connectivity index (χ0) is 13.9. The number of halogens is 1. The van der Waals surface area contributed by atoms with Crippen molar-refractivity contribution in [3.63, 3.8) is 0 Å². The maximum Gasteiger partial charge on any atom is 0.255 e. The van der Waals surface area contributed by atoms with Crippen LogP contribution in [0.3, 0.4) is 0 Å². The van der Waals surface area contributed by atoms with Crippen LogP contribution in [-0.4, -0.2) is 41.4 Å². The second kappa shape index (κ2) is 5.95. The van der Waals surface area contributed by atoms with Gasteiger partial charge in [-0.2, -0.15) is 0 Å². The van der Waals surface area contributed by atoms with E-state index in [0.29, 0.717) is 10.6 Å². The van der Waals surface area contributed by atoms with Gasteiger partial charge in [-0.15, -0.1) is 11.8 Å². The van der Waals surface area contributed by atoms with Crippen LogP contribution >= 0.6 is 23.4 Å². The fraction of sp³-hybridized carbons (Fsp3) is 0.462. The van der Waals surface area contributed by atoms with Gasteiger partial charge in [-0.05, 0) is 38.3 Å². The summed E-state index contributed by atoms with van der Waals surface area (Å²) in [5.41, 5.74) is -0.455. The second-order valence-corrected chi connectivity index (χ2v) is 6.11. The number of rotatable bonds is 4. The van der Waals surface area contributed by atoms with Gasteiger partial charge in [0.1, 0.15) is 0 Å². The number of hydrogen-bond donors (Lipinski definition) is 1. The van der Waals surface area contributed by atoms with E-state index in [1.54, 1.807) is 44.8 Å². The van der Waals surface area contributed by atoms with E-state index in [0.717, 1.165) is 4.90 Å². The summed E-state index contributed by atoms with van der Waals surface area (Å²) in [5, 5.41) is 10.2. The van der Waals surface area contributed by atoms with Crippen LogP contribution in [0.15, 0.2) is 23.1 Å². The molecule has 0 fully saturated rings. The normalized spacial score (nSPS) is 11.4. The third-order valence-electron chi connectivity index (χ3n) is 2.37. The molecule has 1 N–H and O–H groups in total. The second-order valence-electron chi connectivity index (χ2n) is 4.82. The van der Waals surface area contributed by atoms with E-state index in [1.165, 1.54) is 4.90 Å². The van der Waals surface area contributed by atoms with Crippen LogP contribution in [0, 0.1) is 0 Å². The highest BCUT2D eigenvalue weighted by Gasteiger charge is 2.22. The Morgan fingerprint density at radius 1 is 1.50 bits per heavy atom. The Labute approximate surface area is 117 Å².